The van der Waals surface area contributed by atoms with Gasteiger partial charge in [0.05, 0.1) is 6.54 Å². The van der Waals surface area contributed by atoms with Crippen LogP contribution in [0.25, 0.3) is 0 Å². The van der Waals surface area contributed by atoms with E-state index in [4.69, 9.17) is 5.14 Å². The lowest BCUT2D eigenvalue weighted by molar-refractivity contribution is -0.121. The van der Waals surface area contributed by atoms with Crippen molar-refractivity contribution in [3.8, 4) is 0 Å². The molecule has 22 heavy (non-hydrogen) atoms. The Bertz CT molecular complexity index is 594. The van der Waals surface area contributed by atoms with Crippen molar-refractivity contribution in [1.29, 1.82) is 0 Å². The minimum Gasteiger partial charge on any atom is -0.351 e. The lowest BCUT2D eigenvalue weighted by Gasteiger charge is -2.07. The molecule has 1 unspecified atom stereocenters. The number of hydrogen-bond acceptors (Lipinski definition) is 6. The third kappa shape index (κ3) is 6.11. The third-order valence-corrected chi connectivity index (χ3v) is 8.81. The predicted molar refractivity (Wildman–Crippen MR) is 94.5 cm³/mol. The van der Waals surface area contributed by atoms with Crippen LogP contribution in [0.1, 0.15) is 37.0 Å². The molecule has 0 spiro atoms. The van der Waals surface area contributed by atoms with E-state index in [2.05, 4.69) is 5.32 Å². The van der Waals surface area contributed by atoms with Gasteiger partial charge in [-0.25, -0.2) is 13.6 Å². The number of nitrogens with two attached hydrogens (primary N) is 1. The van der Waals surface area contributed by atoms with Gasteiger partial charge in [-0.15, -0.1) is 11.3 Å². The molecule has 2 rings (SSSR count). The van der Waals surface area contributed by atoms with Crippen molar-refractivity contribution in [3.63, 3.8) is 0 Å². The Kier molecular flexibility index (Phi) is 7.07. The maximum Gasteiger partial charge on any atom is 0.247 e. The molecule has 0 aliphatic carbocycles. The van der Waals surface area contributed by atoms with Crippen LogP contribution >= 0.6 is 32.9 Å². The average Bonchev–Trinajstić information content (AvgIpc) is 3.11. The van der Waals surface area contributed by atoms with Gasteiger partial charge in [-0.05, 0) is 31.4 Å². The smallest absolute Gasteiger partial charge is 0.247 e. The first-order valence-corrected chi connectivity index (χ1v) is 11.9. The molecule has 0 saturated carbocycles. The molecule has 1 fully saturated rings. The normalized spacial score (nSPS) is 18.5. The Hall–Kier alpha value is -0.220. The van der Waals surface area contributed by atoms with Crippen LogP contribution in [-0.4, -0.2) is 25.3 Å². The fraction of sp³-hybridized carbons (Fsp3) is 0.615. The minimum atomic E-state index is -3.64. The summed E-state index contributed by atoms with van der Waals surface area (Å²) in [6.45, 7) is 0.355. The van der Waals surface area contributed by atoms with Crippen LogP contribution in [0, 0.1) is 0 Å². The number of thiophene rings is 1. The zero-order chi connectivity index (χ0) is 16.0. The highest BCUT2D eigenvalue weighted by atomic mass is 33.1. The first-order valence-electron chi connectivity index (χ1n) is 7.11. The summed E-state index contributed by atoms with van der Waals surface area (Å²) in [7, 11) is 0.270. The lowest BCUT2D eigenvalue weighted by atomic mass is 10.1. The molecule has 9 heteroatoms. The highest BCUT2D eigenvalue weighted by Crippen LogP contribution is 2.39. The summed E-state index contributed by atoms with van der Waals surface area (Å²) in [4.78, 5) is 12.5. The maximum absolute atomic E-state index is 11.8. The summed E-state index contributed by atoms with van der Waals surface area (Å²) >= 11 is 1.09. The van der Waals surface area contributed by atoms with Crippen molar-refractivity contribution in [2.75, 3.05) is 5.75 Å². The lowest BCUT2D eigenvalue weighted by Crippen LogP contribution is -2.21. The summed E-state index contributed by atoms with van der Waals surface area (Å²) in [5.74, 6) is 1.26. The maximum atomic E-state index is 11.8. The standard InChI is InChI=1S/C13H20N2O3S4/c14-22(17,18)13-6-5-11(20-13)9-15-12(16)4-2-1-3-10-7-8-19-21-10/h5-6,10H,1-4,7-9H2,(H,15,16)(H2,14,17,18). The van der Waals surface area contributed by atoms with Crippen LogP contribution in [-0.2, 0) is 21.4 Å². The van der Waals surface area contributed by atoms with Gasteiger partial charge >= 0.3 is 0 Å². The molecule has 1 aliphatic heterocycles. The number of carbonyl (C=O) groups is 1. The molecule has 3 N–H and O–H groups in total. The molecule has 0 aromatic carbocycles. The van der Waals surface area contributed by atoms with E-state index in [0.29, 0.717) is 13.0 Å². The quantitative estimate of drug-likeness (QED) is 0.535. The summed E-state index contributed by atoms with van der Waals surface area (Å²) in [5.41, 5.74) is 0. The second-order valence-electron chi connectivity index (χ2n) is 5.12. The van der Waals surface area contributed by atoms with Gasteiger partial charge in [0.1, 0.15) is 4.21 Å². The van der Waals surface area contributed by atoms with Crippen LogP contribution in [0.5, 0.6) is 0 Å². The van der Waals surface area contributed by atoms with Gasteiger partial charge in [0.15, 0.2) is 0 Å². The number of sulfonamides is 1. The van der Waals surface area contributed by atoms with Crippen molar-refractivity contribution >= 4 is 48.9 Å². The molecular formula is C13H20N2O3S4. The van der Waals surface area contributed by atoms with Crippen LogP contribution in [0.15, 0.2) is 16.3 Å². The number of hydrogen-bond donors (Lipinski definition) is 2. The van der Waals surface area contributed by atoms with Gasteiger partial charge in [0.2, 0.25) is 15.9 Å². The van der Waals surface area contributed by atoms with Gasteiger partial charge < -0.3 is 5.32 Å². The first-order chi connectivity index (χ1) is 10.4. The van der Waals surface area contributed by atoms with E-state index in [0.717, 1.165) is 34.3 Å². The van der Waals surface area contributed by atoms with E-state index in [1.54, 1.807) is 6.07 Å². The van der Waals surface area contributed by atoms with Gasteiger partial charge in [-0.2, -0.15) is 0 Å². The second-order valence-corrected chi connectivity index (χ2v) is 10.9. The molecule has 1 aliphatic rings. The van der Waals surface area contributed by atoms with E-state index in [1.807, 2.05) is 21.6 Å². The number of nitrogens with one attached hydrogen (secondary N) is 1. The molecule has 2 heterocycles. The summed E-state index contributed by atoms with van der Waals surface area (Å²) in [6, 6.07) is 3.15. The monoisotopic (exact) mass is 380 g/mol. The molecule has 0 radical (unpaired) electrons. The van der Waals surface area contributed by atoms with Gasteiger partial charge in [0, 0.05) is 22.3 Å². The summed E-state index contributed by atoms with van der Waals surface area (Å²) < 4.78 is 22.5. The Morgan fingerprint density at radius 3 is 2.82 bits per heavy atom. The van der Waals surface area contributed by atoms with Crippen LogP contribution in [0.3, 0.4) is 0 Å². The molecule has 1 aromatic heterocycles. The molecule has 1 aromatic rings. The van der Waals surface area contributed by atoms with Crippen molar-refractivity contribution in [3.05, 3.63) is 17.0 Å². The number of amides is 1. The van der Waals surface area contributed by atoms with E-state index in [1.165, 1.54) is 24.7 Å². The van der Waals surface area contributed by atoms with Crippen molar-refractivity contribution in [1.82, 2.24) is 5.32 Å². The first kappa shape index (κ1) is 18.1. The fourth-order valence-corrected chi connectivity index (χ4v) is 6.85. The molecular weight excluding hydrogens is 360 g/mol. The second kappa shape index (κ2) is 8.58. The molecule has 0 bridgehead atoms. The van der Waals surface area contributed by atoms with Crippen molar-refractivity contribution in [2.45, 2.75) is 48.1 Å². The SMILES string of the molecule is NS(=O)(=O)c1ccc(CNC(=O)CCCCC2CCSS2)s1. The highest BCUT2D eigenvalue weighted by Gasteiger charge is 2.16. The predicted octanol–water partition coefficient (Wildman–Crippen LogP) is 2.73. The van der Waals surface area contributed by atoms with Crippen LogP contribution in [0.2, 0.25) is 0 Å². The third-order valence-electron chi connectivity index (χ3n) is 3.28. The number of unbranched alkanes of at least 4 members (excludes halogenated alkanes) is 1. The fourth-order valence-electron chi connectivity index (χ4n) is 2.10. The van der Waals surface area contributed by atoms with Gasteiger partial charge in [-0.1, -0.05) is 28.0 Å². The van der Waals surface area contributed by atoms with Crippen molar-refractivity contribution < 1.29 is 13.2 Å². The van der Waals surface area contributed by atoms with Crippen molar-refractivity contribution in [2.24, 2.45) is 5.14 Å². The van der Waals surface area contributed by atoms with Gasteiger partial charge in [-0.3, -0.25) is 4.79 Å². The average molecular weight is 381 g/mol. The summed E-state index contributed by atoms with van der Waals surface area (Å²) in [5, 5.41) is 8.63. The molecule has 1 atom stereocenters. The Labute approximate surface area is 143 Å². The van der Waals surface area contributed by atoms with E-state index in [-0.39, 0.29) is 10.1 Å². The molecule has 5 nitrogen and oxygen atoms in total. The van der Waals surface area contributed by atoms with Crippen LogP contribution < -0.4 is 10.5 Å². The van der Waals surface area contributed by atoms with E-state index >= 15 is 0 Å². The summed E-state index contributed by atoms with van der Waals surface area (Å²) in [6.07, 6.45) is 4.98. The Balaban J connectivity index is 1.62. The topological polar surface area (TPSA) is 89.3 Å². The Morgan fingerprint density at radius 1 is 1.36 bits per heavy atom. The minimum absolute atomic E-state index is 0.0130. The largest absolute Gasteiger partial charge is 0.351 e. The van der Waals surface area contributed by atoms with Crippen LogP contribution in [0.4, 0.5) is 0 Å². The highest BCUT2D eigenvalue weighted by molar-refractivity contribution is 8.77. The zero-order valence-corrected chi connectivity index (χ0v) is 15.4. The Morgan fingerprint density at radius 2 is 2.18 bits per heavy atom. The van der Waals surface area contributed by atoms with Gasteiger partial charge in [0.25, 0.3) is 0 Å². The van der Waals surface area contributed by atoms with E-state index in [9.17, 15) is 13.2 Å². The molecule has 124 valence electrons. The number of carbonyl (C=O) groups excluding carboxylic acids is 1. The zero-order valence-electron chi connectivity index (χ0n) is 12.1. The number of rotatable bonds is 8. The number of primary sulfonamides is 1. The molecule has 1 amide bonds. The molecule has 1 saturated heterocycles. The van der Waals surface area contributed by atoms with E-state index < -0.39 is 10.0 Å².